The minimum absolute atomic E-state index is 0.00919. The number of nitriles is 1. The zero-order chi connectivity index (χ0) is 15.0. The second-order valence-electron chi connectivity index (χ2n) is 6.08. The summed E-state index contributed by atoms with van der Waals surface area (Å²) >= 11 is 0. The van der Waals surface area contributed by atoms with Crippen LogP contribution in [0.5, 0.6) is 0 Å². The number of fused-ring (bicyclic) bond motifs is 1. The van der Waals surface area contributed by atoms with Crippen molar-refractivity contribution >= 4 is 5.65 Å². The summed E-state index contributed by atoms with van der Waals surface area (Å²) in [6.45, 7) is 6.53. The van der Waals surface area contributed by atoms with Crippen molar-refractivity contribution < 1.29 is 0 Å². The Hall–Kier alpha value is -2.67. The van der Waals surface area contributed by atoms with Crippen LogP contribution in [0.4, 0.5) is 0 Å². The van der Waals surface area contributed by atoms with Gasteiger partial charge in [0.05, 0.1) is 5.56 Å². The maximum Gasteiger partial charge on any atom is 0.168 e. The van der Waals surface area contributed by atoms with Gasteiger partial charge < -0.3 is 0 Å². The van der Waals surface area contributed by atoms with Gasteiger partial charge in [0.1, 0.15) is 6.07 Å². The molecule has 0 aliphatic carbocycles. The summed E-state index contributed by atoms with van der Waals surface area (Å²) in [7, 11) is 0. The van der Waals surface area contributed by atoms with Crippen molar-refractivity contribution in [2.45, 2.75) is 26.2 Å². The van der Waals surface area contributed by atoms with Gasteiger partial charge in [0, 0.05) is 11.8 Å². The average Bonchev–Trinajstić information content (AvgIpc) is 2.89. The third-order valence-electron chi connectivity index (χ3n) is 3.51. The maximum atomic E-state index is 9.08. The van der Waals surface area contributed by atoms with Crippen molar-refractivity contribution in [2.75, 3.05) is 0 Å². The maximum absolute atomic E-state index is 9.08. The quantitative estimate of drug-likeness (QED) is 0.682. The molecule has 2 heterocycles. The van der Waals surface area contributed by atoms with Gasteiger partial charge in [-0.2, -0.15) is 5.26 Å². The minimum Gasteiger partial charge on any atom is -0.281 e. The third kappa shape index (κ3) is 2.27. The lowest BCUT2D eigenvalue weighted by molar-refractivity contribution is 0.591. The van der Waals surface area contributed by atoms with Crippen LogP contribution in [0.1, 0.15) is 31.9 Å². The van der Waals surface area contributed by atoms with Crippen LogP contribution < -0.4 is 0 Å². The molecule has 0 spiro atoms. The van der Waals surface area contributed by atoms with Crippen LogP contribution in [0.2, 0.25) is 0 Å². The number of nitrogens with zero attached hydrogens (tertiary/aromatic N) is 4. The highest BCUT2D eigenvalue weighted by Gasteiger charge is 2.21. The summed E-state index contributed by atoms with van der Waals surface area (Å²) in [6, 6.07) is 13.9. The molecule has 4 heteroatoms. The van der Waals surface area contributed by atoms with Gasteiger partial charge in [-0.1, -0.05) is 45.0 Å². The van der Waals surface area contributed by atoms with Gasteiger partial charge in [-0.05, 0) is 23.1 Å². The molecule has 0 saturated heterocycles. The van der Waals surface area contributed by atoms with Gasteiger partial charge in [0.2, 0.25) is 0 Å². The lowest BCUT2D eigenvalue weighted by atomic mass is 9.83. The van der Waals surface area contributed by atoms with Crippen LogP contribution in [0.25, 0.3) is 17.0 Å². The van der Waals surface area contributed by atoms with E-state index in [2.05, 4.69) is 49.2 Å². The molecular weight excluding hydrogens is 260 g/mol. The zero-order valence-corrected chi connectivity index (χ0v) is 12.3. The summed E-state index contributed by atoms with van der Waals surface area (Å²) in [6.07, 6.45) is 1.78. The van der Waals surface area contributed by atoms with Crippen LogP contribution in [0, 0.1) is 11.3 Å². The van der Waals surface area contributed by atoms with Crippen LogP contribution >= 0.6 is 0 Å². The van der Waals surface area contributed by atoms with E-state index in [1.165, 1.54) is 5.56 Å². The average molecular weight is 276 g/mol. The summed E-state index contributed by atoms with van der Waals surface area (Å²) in [5.74, 6) is 0.771. The molecule has 0 aliphatic rings. The Morgan fingerprint density at radius 2 is 1.81 bits per heavy atom. The first-order chi connectivity index (χ1) is 10.0. The number of hydrogen-bond donors (Lipinski definition) is 0. The molecular formula is C17H16N4. The van der Waals surface area contributed by atoms with Crippen LogP contribution in [-0.2, 0) is 5.41 Å². The first-order valence-electron chi connectivity index (χ1n) is 6.85. The molecule has 1 aromatic carbocycles. The van der Waals surface area contributed by atoms with Gasteiger partial charge in [0.25, 0.3) is 0 Å². The molecule has 0 amide bonds. The van der Waals surface area contributed by atoms with E-state index in [9.17, 15) is 0 Å². The van der Waals surface area contributed by atoms with E-state index in [1.807, 2.05) is 22.6 Å². The molecule has 0 bridgehead atoms. The Morgan fingerprint density at radius 3 is 2.52 bits per heavy atom. The van der Waals surface area contributed by atoms with Crippen molar-refractivity contribution in [3.63, 3.8) is 0 Å². The van der Waals surface area contributed by atoms with Crippen LogP contribution in [-0.4, -0.2) is 14.6 Å². The molecule has 0 N–H and O–H groups in total. The van der Waals surface area contributed by atoms with E-state index in [-0.39, 0.29) is 5.41 Å². The van der Waals surface area contributed by atoms with E-state index in [4.69, 9.17) is 5.26 Å². The highest BCUT2D eigenvalue weighted by atomic mass is 15.2. The molecule has 0 fully saturated rings. The molecule has 0 aliphatic heterocycles. The fraction of sp³-hybridized carbons (Fsp3) is 0.235. The van der Waals surface area contributed by atoms with E-state index < -0.39 is 0 Å². The molecule has 2 aromatic heterocycles. The van der Waals surface area contributed by atoms with Crippen molar-refractivity contribution in [1.29, 1.82) is 5.26 Å². The fourth-order valence-electron chi connectivity index (χ4n) is 2.47. The van der Waals surface area contributed by atoms with Crippen molar-refractivity contribution in [3.8, 4) is 17.5 Å². The highest BCUT2D eigenvalue weighted by Crippen LogP contribution is 2.32. The van der Waals surface area contributed by atoms with E-state index in [1.54, 1.807) is 12.3 Å². The van der Waals surface area contributed by atoms with Gasteiger partial charge in [-0.15, -0.1) is 10.2 Å². The van der Waals surface area contributed by atoms with Crippen molar-refractivity contribution in [2.24, 2.45) is 0 Å². The van der Waals surface area contributed by atoms with E-state index in [0.29, 0.717) is 5.56 Å². The molecule has 0 saturated carbocycles. The highest BCUT2D eigenvalue weighted by molar-refractivity contribution is 5.65. The molecule has 21 heavy (non-hydrogen) atoms. The molecule has 104 valence electrons. The summed E-state index contributed by atoms with van der Waals surface area (Å²) in [5.41, 5.74) is 3.61. The van der Waals surface area contributed by atoms with E-state index >= 15 is 0 Å². The molecule has 3 aromatic rings. The topological polar surface area (TPSA) is 54.0 Å². The minimum atomic E-state index is 0.00919. The van der Waals surface area contributed by atoms with Gasteiger partial charge >= 0.3 is 0 Å². The Bertz CT molecular complexity index is 847. The first-order valence-corrected chi connectivity index (χ1v) is 6.85. The molecule has 0 atom stereocenters. The Morgan fingerprint density at radius 1 is 1.05 bits per heavy atom. The molecule has 0 radical (unpaired) electrons. The van der Waals surface area contributed by atoms with Crippen molar-refractivity contribution in [1.82, 2.24) is 14.6 Å². The Kier molecular flexibility index (Phi) is 2.99. The number of aromatic nitrogens is 3. The van der Waals surface area contributed by atoms with Crippen molar-refractivity contribution in [3.05, 3.63) is 53.7 Å². The van der Waals surface area contributed by atoms with Gasteiger partial charge in [0.15, 0.2) is 11.5 Å². The zero-order valence-electron chi connectivity index (χ0n) is 12.3. The van der Waals surface area contributed by atoms with Gasteiger partial charge in [-0.3, -0.25) is 4.40 Å². The number of hydrogen-bond acceptors (Lipinski definition) is 3. The largest absolute Gasteiger partial charge is 0.281 e. The third-order valence-corrected chi connectivity index (χ3v) is 3.51. The Labute approximate surface area is 123 Å². The summed E-state index contributed by atoms with van der Waals surface area (Å²) in [5, 5.41) is 17.6. The number of pyridine rings is 1. The summed E-state index contributed by atoms with van der Waals surface area (Å²) < 4.78 is 1.88. The second-order valence-corrected chi connectivity index (χ2v) is 6.08. The number of rotatable bonds is 1. The first kappa shape index (κ1) is 13.3. The van der Waals surface area contributed by atoms with Gasteiger partial charge in [-0.25, -0.2) is 0 Å². The molecule has 0 unspecified atom stereocenters. The predicted octanol–water partition coefficient (Wildman–Crippen LogP) is 3.57. The molecule has 4 nitrogen and oxygen atoms in total. The number of benzene rings is 1. The molecule has 3 rings (SSSR count). The second kappa shape index (κ2) is 4.71. The lowest BCUT2D eigenvalue weighted by Gasteiger charge is -2.22. The van der Waals surface area contributed by atoms with Crippen LogP contribution in [0.3, 0.4) is 0 Å². The monoisotopic (exact) mass is 276 g/mol. The fourth-order valence-corrected chi connectivity index (χ4v) is 2.47. The normalized spacial score (nSPS) is 11.5. The lowest BCUT2D eigenvalue weighted by Crippen LogP contribution is -2.13. The smallest absolute Gasteiger partial charge is 0.168 e. The standard InChI is InChI=1S/C17H16N4/c1-17(2,3)14-7-5-4-6-13(14)16-20-19-15-9-8-12(10-18)11-21(15)16/h4-9,11H,1-3H3. The Balaban J connectivity index is 2.29. The SMILES string of the molecule is CC(C)(C)c1ccccc1-c1nnc2ccc(C#N)cn12. The van der Waals surface area contributed by atoms with Crippen LogP contribution in [0.15, 0.2) is 42.6 Å². The predicted molar refractivity (Wildman–Crippen MR) is 81.8 cm³/mol. The van der Waals surface area contributed by atoms with E-state index in [0.717, 1.165) is 17.0 Å². The summed E-state index contributed by atoms with van der Waals surface area (Å²) in [4.78, 5) is 0.